The van der Waals surface area contributed by atoms with Gasteiger partial charge in [0.15, 0.2) is 0 Å². The minimum Gasteiger partial charge on any atom is -0.485 e. The second-order valence-electron chi connectivity index (χ2n) is 10.8. The zero-order valence-corrected chi connectivity index (χ0v) is 25.1. The van der Waals surface area contributed by atoms with Crippen LogP contribution in [-0.2, 0) is 10.5 Å². The third kappa shape index (κ3) is 6.91. The number of halogens is 1. The lowest BCUT2D eigenvalue weighted by atomic mass is 10.1. The quantitative estimate of drug-likeness (QED) is 0.218. The third-order valence-electron chi connectivity index (χ3n) is 6.65. The van der Waals surface area contributed by atoms with Crippen LogP contribution in [0.1, 0.15) is 57.8 Å². The molecular weight excluding hydrogens is 550 g/mol. The van der Waals surface area contributed by atoms with Crippen molar-refractivity contribution < 1.29 is 14.3 Å². The Bertz CT molecular complexity index is 1440. The lowest BCUT2D eigenvalue weighted by Gasteiger charge is -2.33. The van der Waals surface area contributed by atoms with Crippen LogP contribution in [0.15, 0.2) is 60.2 Å². The molecule has 1 aliphatic heterocycles. The van der Waals surface area contributed by atoms with E-state index in [1.165, 1.54) is 5.56 Å². The lowest BCUT2D eigenvalue weighted by Crippen LogP contribution is -2.42. The van der Waals surface area contributed by atoms with Crippen molar-refractivity contribution in [3.63, 3.8) is 0 Å². The largest absolute Gasteiger partial charge is 0.485 e. The molecule has 39 heavy (non-hydrogen) atoms. The Hall–Kier alpha value is -2.68. The summed E-state index contributed by atoms with van der Waals surface area (Å²) in [5.41, 5.74) is 3.83. The van der Waals surface area contributed by atoms with E-state index in [4.69, 9.17) is 21.1 Å². The molecule has 2 aromatic carbocycles. The number of hydrogen-bond donors (Lipinski definition) is 0. The van der Waals surface area contributed by atoms with Crippen LogP contribution < -0.4 is 4.74 Å². The van der Waals surface area contributed by atoms with Crippen LogP contribution in [0.5, 0.6) is 5.75 Å². The molecular formula is C30H34ClN3O3S2. The molecule has 1 saturated heterocycles. The highest BCUT2D eigenvalue weighted by molar-refractivity contribution is 7.99. The first-order valence-corrected chi connectivity index (χ1v) is 15.5. The molecule has 9 heteroatoms. The fourth-order valence-electron chi connectivity index (χ4n) is 4.63. The maximum Gasteiger partial charge on any atom is 0.410 e. The SMILES string of the molecule is C[C@@H](Oc1csc(-n2cnc3ccc(CSC4CCN(C(=O)OC(C)(C)C)CC4)cc32)c1)c1ccccc1Cl. The fourth-order valence-corrected chi connectivity index (χ4v) is 6.88. The maximum atomic E-state index is 12.4. The highest BCUT2D eigenvalue weighted by atomic mass is 35.5. The van der Waals surface area contributed by atoms with Gasteiger partial charge >= 0.3 is 6.09 Å². The number of nitrogens with zero attached hydrogens (tertiary/aromatic N) is 3. The van der Waals surface area contributed by atoms with Crippen LogP contribution in [0.3, 0.4) is 0 Å². The van der Waals surface area contributed by atoms with Crippen molar-refractivity contribution >= 4 is 51.8 Å². The summed E-state index contributed by atoms with van der Waals surface area (Å²) in [5.74, 6) is 1.74. The minimum absolute atomic E-state index is 0.152. The molecule has 2 aromatic heterocycles. The van der Waals surface area contributed by atoms with Crippen molar-refractivity contribution in [1.29, 1.82) is 0 Å². The van der Waals surface area contributed by atoms with Crippen molar-refractivity contribution in [3.05, 3.63) is 76.4 Å². The van der Waals surface area contributed by atoms with Gasteiger partial charge in [-0.15, -0.1) is 11.3 Å². The Kier molecular flexibility index (Phi) is 8.45. The van der Waals surface area contributed by atoms with Gasteiger partial charge in [-0.05, 0) is 64.3 Å². The van der Waals surface area contributed by atoms with Gasteiger partial charge in [0, 0.05) is 46.1 Å². The van der Waals surface area contributed by atoms with Gasteiger partial charge in [-0.3, -0.25) is 4.57 Å². The molecule has 0 radical (unpaired) electrons. The summed E-state index contributed by atoms with van der Waals surface area (Å²) in [6.45, 7) is 9.22. The molecule has 206 valence electrons. The summed E-state index contributed by atoms with van der Waals surface area (Å²) in [5, 5.41) is 4.32. The number of benzene rings is 2. The number of thiophene rings is 1. The Morgan fingerprint density at radius 1 is 1.18 bits per heavy atom. The highest BCUT2D eigenvalue weighted by Gasteiger charge is 2.27. The van der Waals surface area contributed by atoms with E-state index in [1.54, 1.807) is 11.3 Å². The van der Waals surface area contributed by atoms with Crippen molar-refractivity contribution in [3.8, 4) is 10.8 Å². The molecule has 1 fully saturated rings. The van der Waals surface area contributed by atoms with Gasteiger partial charge in [0.2, 0.25) is 0 Å². The number of imidazole rings is 1. The summed E-state index contributed by atoms with van der Waals surface area (Å²) in [6, 6.07) is 16.3. The van der Waals surface area contributed by atoms with Gasteiger partial charge in [-0.2, -0.15) is 11.8 Å². The molecule has 0 bridgehead atoms. The van der Waals surface area contributed by atoms with Crippen LogP contribution >= 0.6 is 34.7 Å². The number of hydrogen-bond acceptors (Lipinski definition) is 6. The molecule has 0 N–H and O–H groups in total. The molecule has 0 aliphatic carbocycles. The van der Waals surface area contributed by atoms with Crippen LogP contribution in [0.4, 0.5) is 4.79 Å². The van der Waals surface area contributed by atoms with Crippen molar-refractivity contribution in [2.75, 3.05) is 13.1 Å². The monoisotopic (exact) mass is 583 g/mol. The zero-order chi connectivity index (χ0) is 27.6. The van der Waals surface area contributed by atoms with E-state index in [1.807, 2.05) is 80.3 Å². The average molecular weight is 584 g/mol. The molecule has 5 rings (SSSR count). The van der Waals surface area contributed by atoms with Crippen LogP contribution in [0, 0.1) is 0 Å². The van der Waals surface area contributed by atoms with E-state index in [9.17, 15) is 4.79 Å². The van der Waals surface area contributed by atoms with E-state index < -0.39 is 5.60 Å². The van der Waals surface area contributed by atoms with E-state index in [-0.39, 0.29) is 12.2 Å². The molecule has 1 aliphatic rings. The van der Waals surface area contributed by atoms with E-state index in [2.05, 4.69) is 33.8 Å². The summed E-state index contributed by atoms with van der Waals surface area (Å²) >= 11 is 9.95. The Morgan fingerprint density at radius 2 is 1.95 bits per heavy atom. The fraction of sp³-hybridized carbons (Fsp3) is 0.400. The molecule has 0 spiro atoms. The number of rotatable bonds is 7. The predicted octanol–water partition coefficient (Wildman–Crippen LogP) is 8.51. The first-order chi connectivity index (χ1) is 18.7. The van der Waals surface area contributed by atoms with Gasteiger partial charge in [-0.1, -0.05) is 35.9 Å². The summed E-state index contributed by atoms with van der Waals surface area (Å²) < 4.78 is 13.9. The third-order valence-corrected chi connectivity index (χ3v) is 9.34. The topological polar surface area (TPSA) is 56.6 Å². The highest BCUT2D eigenvalue weighted by Crippen LogP contribution is 2.34. The first-order valence-electron chi connectivity index (χ1n) is 13.2. The summed E-state index contributed by atoms with van der Waals surface area (Å²) in [6.07, 6.45) is 3.48. The molecule has 6 nitrogen and oxygen atoms in total. The number of carbonyl (C=O) groups is 1. The minimum atomic E-state index is -0.458. The molecule has 3 heterocycles. The molecule has 0 unspecified atom stereocenters. The smallest absolute Gasteiger partial charge is 0.410 e. The summed E-state index contributed by atoms with van der Waals surface area (Å²) in [7, 11) is 0. The van der Waals surface area contributed by atoms with Gasteiger partial charge in [-0.25, -0.2) is 9.78 Å². The maximum absolute atomic E-state index is 12.4. The lowest BCUT2D eigenvalue weighted by molar-refractivity contribution is 0.0219. The zero-order valence-electron chi connectivity index (χ0n) is 22.7. The second kappa shape index (κ2) is 11.8. The number of thioether (sulfide) groups is 1. The molecule has 0 saturated carbocycles. The van der Waals surface area contributed by atoms with Crippen molar-refractivity contribution in [2.45, 2.75) is 63.2 Å². The van der Waals surface area contributed by atoms with Crippen LogP contribution in [0.2, 0.25) is 5.02 Å². The predicted molar refractivity (Wildman–Crippen MR) is 162 cm³/mol. The number of ether oxygens (including phenoxy) is 2. The van der Waals surface area contributed by atoms with Gasteiger partial charge in [0.05, 0.1) is 11.0 Å². The Balaban J connectivity index is 1.20. The number of piperidine rings is 1. The standard InChI is InChI=1S/C30H34ClN3O3S2/c1-20(24-7-5-6-8-25(24)31)36-22-16-28(39-18-22)34-19-32-26-10-9-21(15-27(26)34)17-38-23-11-13-33(14-12-23)29(35)37-30(2,3)4/h5-10,15-16,18-20,23H,11-14,17H2,1-4H3/t20-/m1/s1. The normalized spacial score (nSPS) is 15.5. The average Bonchev–Trinajstić information content (AvgIpc) is 3.53. The number of carbonyl (C=O) groups excluding carboxylic acids is 1. The van der Waals surface area contributed by atoms with Crippen molar-refractivity contribution in [1.82, 2.24) is 14.5 Å². The molecule has 1 amide bonds. The second-order valence-corrected chi connectivity index (χ2v) is 13.4. The van der Waals surface area contributed by atoms with Crippen LogP contribution in [0.25, 0.3) is 16.0 Å². The Labute approximate surface area is 243 Å². The number of likely N-dealkylation sites (tertiary alicyclic amines) is 1. The Morgan fingerprint density at radius 3 is 2.69 bits per heavy atom. The van der Waals surface area contributed by atoms with Crippen LogP contribution in [-0.4, -0.2) is 44.5 Å². The van der Waals surface area contributed by atoms with E-state index in [0.29, 0.717) is 10.3 Å². The summed E-state index contributed by atoms with van der Waals surface area (Å²) in [4.78, 5) is 18.8. The number of amides is 1. The van der Waals surface area contributed by atoms with Gasteiger partial charge in [0.25, 0.3) is 0 Å². The van der Waals surface area contributed by atoms with Crippen molar-refractivity contribution in [2.24, 2.45) is 0 Å². The first kappa shape index (κ1) is 27.9. The molecule has 4 aromatic rings. The number of aromatic nitrogens is 2. The molecule has 1 atom stereocenters. The van der Waals surface area contributed by atoms with Gasteiger partial charge in [0.1, 0.15) is 28.8 Å². The number of fused-ring (bicyclic) bond motifs is 1. The van der Waals surface area contributed by atoms with E-state index in [0.717, 1.165) is 59.0 Å². The van der Waals surface area contributed by atoms with Gasteiger partial charge < -0.3 is 14.4 Å². The van der Waals surface area contributed by atoms with E-state index >= 15 is 0 Å².